The maximum Gasteiger partial charge on any atom is 0.223 e. The number of benzene rings is 1. The van der Waals surface area contributed by atoms with Gasteiger partial charge in [-0.15, -0.1) is 0 Å². The van der Waals surface area contributed by atoms with E-state index in [9.17, 15) is 9.18 Å². The van der Waals surface area contributed by atoms with E-state index in [0.717, 1.165) is 56.9 Å². The molecule has 2 spiro atoms. The van der Waals surface area contributed by atoms with Crippen molar-refractivity contribution >= 4 is 5.91 Å². The van der Waals surface area contributed by atoms with Gasteiger partial charge in [0, 0.05) is 30.6 Å². The molecule has 8 heterocycles. The predicted octanol–water partition coefficient (Wildman–Crippen LogP) is 7.90. The van der Waals surface area contributed by atoms with Gasteiger partial charge < -0.3 is 24.3 Å². The van der Waals surface area contributed by atoms with Crippen LogP contribution in [0.4, 0.5) is 4.39 Å². The maximum absolute atomic E-state index is 14.7. The largest absolute Gasteiger partial charge is 0.349 e. The van der Waals surface area contributed by atoms with E-state index in [1.807, 2.05) is 20.8 Å². The van der Waals surface area contributed by atoms with Crippen LogP contribution in [0.2, 0.25) is 0 Å². The molecule has 10 fully saturated rings. The Labute approximate surface area is 313 Å². The van der Waals surface area contributed by atoms with E-state index in [4.69, 9.17) is 38.5 Å². The first kappa shape index (κ1) is 36.9. The summed E-state index contributed by atoms with van der Waals surface area (Å²) in [5.74, 6) is -0.570. The summed E-state index contributed by atoms with van der Waals surface area (Å²) in [5, 5.41) is 3.29. The minimum atomic E-state index is -0.874. The van der Waals surface area contributed by atoms with Gasteiger partial charge >= 0.3 is 0 Å². The first-order valence-electron chi connectivity index (χ1n) is 20.7. The van der Waals surface area contributed by atoms with Crippen molar-refractivity contribution in [3.05, 3.63) is 35.6 Å². The molecule has 11 heteroatoms. The summed E-state index contributed by atoms with van der Waals surface area (Å²) >= 11 is 0. The van der Waals surface area contributed by atoms with Gasteiger partial charge in [0.2, 0.25) is 17.5 Å². The van der Waals surface area contributed by atoms with Crippen molar-refractivity contribution in [3.63, 3.8) is 0 Å². The number of ether oxygens (including phenoxy) is 4. The Morgan fingerprint density at radius 3 is 1.66 bits per heavy atom. The Morgan fingerprint density at radius 1 is 0.717 bits per heavy atom. The Bertz CT molecular complexity index is 1470. The Kier molecular flexibility index (Phi) is 9.18. The van der Waals surface area contributed by atoms with Crippen LogP contribution < -0.4 is 5.32 Å². The SMILES string of the molecule is C[C@H]1[C@@H](CC(C[C@H]2O[C@@H]3O[C@@]4(C)CC[C@H]5[C@H](C)CC[C@@H]([C@H]2C)[C@@]35OO4)C(=O)N[C@@H](C)c2ccc(F)cc2)O[C@@H]2O[C@@]3(C)CC[C@H]4[C@H](C)CC[C@@H]1[C@@]24OO3. The van der Waals surface area contributed by atoms with E-state index >= 15 is 0 Å². The minimum Gasteiger partial charge on any atom is -0.349 e. The van der Waals surface area contributed by atoms with Gasteiger partial charge in [-0.25, -0.2) is 23.9 Å². The fourth-order valence-electron chi connectivity index (χ4n) is 12.5. The van der Waals surface area contributed by atoms with Gasteiger partial charge in [-0.2, -0.15) is 0 Å². The second kappa shape index (κ2) is 13.2. The van der Waals surface area contributed by atoms with Gasteiger partial charge in [-0.1, -0.05) is 39.8 Å². The van der Waals surface area contributed by atoms with Crippen LogP contribution in [-0.2, 0) is 43.3 Å². The zero-order valence-electron chi connectivity index (χ0n) is 32.5. The third-order valence-corrected chi connectivity index (χ3v) is 15.7. The van der Waals surface area contributed by atoms with Crippen LogP contribution in [0.25, 0.3) is 0 Å². The molecule has 10 nitrogen and oxygen atoms in total. The number of carbonyl (C=O) groups excluding carboxylic acids is 1. The maximum atomic E-state index is 14.7. The summed E-state index contributed by atoms with van der Waals surface area (Å²) in [6, 6.07) is 6.02. The van der Waals surface area contributed by atoms with Crippen LogP contribution in [0.5, 0.6) is 0 Å². The molecule has 2 saturated carbocycles. The smallest absolute Gasteiger partial charge is 0.223 e. The standard InChI is InChI=1S/C42H60FNO9/c1-22-8-14-32-24(3)34(46-37-41(32)30(22)16-18-39(6,48-37)50-52-41)20-28(36(45)44-26(5)27-10-12-29(43)13-11-27)21-35-25(4)33-15-9-23(2)31-17-19-40(7)49-38(47-35)42(31,33)53-51-40/h10-13,22-26,28,30-35,37-38H,8-9,14-21H2,1-7H3,(H,44,45)/t22-,23-,24-,25-,26+,30+,31+,32+,33+,34-,35-,37-,38-,39-,40-,41-,42-/m1/s1. The fourth-order valence-corrected chi connectivity index (χ4v) is 12.5. The highest BCUT2D eigenvalue weighted by molar-refractivity contribution is 5.79. The highest BCUT2D eigenvalue weighted by Gasteiger charge is 2.71. The number of carbonyl (C=O) groups is 1. The first-order chi connectivity index (χ1) is 25.3. The van der Waals surface area contributed by atoms with Crippen molar-refractivity contribution in [1.82, 2.24) is 5.32 Å². The number of hydrogen-bond donors (Lipinski definition) is 1. The van der Waals surface area contributed by atoms with E-state index in [2.05, 4.69) is 33.0 Å². The average molecular weight is 742 g/mol. The molecule has 1 aromatic rings. The number of rotatable bonds is 7. The number of fused-ring (bicyclic) bond motifs is 4. The van der Waals surface area contributed by atoms with Gasteiger partial charge in [0.1, 0.15) is 5.82 Å². The molecule has 2 aliphatic carbocycles. The zero-order chi connectivity index (χ0) is 37.1. The first-order valence-corrected chi connectivity index (χ1v) is 20.7. The average Bonchev–Trinajstić information content (AvgIpc) is 3.50. The quantitative estimate of drug-likeness (QED) is 0.280. The molecule has 8 saturated heterocycles. The number of amides is 1. The molecule has 1 amide bonds. The van der Waals surface area contributed by atoms with E-state index in [0.29, 0.717) is 24.7 Å². The van der Waals surface area contributed by atoms with Gasteiger partial charge in [0.05, 0.1) is 18.2 Å². The van der Waals surface area contributed by atoms with Crippen molar-refractivity contribution in [2.45, 2.75) is 166 Å². The molecule has 1 N–H and O–H groups in total. The van der Waals surface area contributed by atoms with Gasteiger partial charge in [0.25, 0.3) is 0 Å². The summed E-state index contributed by atoms with van der Waals surface area (Å²) in [6.07, 6.45) is 6.97. The number of halogens is 1. The lowest BCUT2D eigenvalue weighted by Crippen LogP contribution is -2.70. The van der Waals surface area contributed by atoms with Crippen LogP contribution in [-0.4, -0.2) is 53.5 Å². The number of hydrogen-bond acceptors (Lipinski definition) is 9. The van der Waals surface area contributed by atoms with Crippen molar-refractivity contribution < 1.29 is 47.7 Å². The van der Waals surface area contributed by atoms with Crippen molar-refractivity contribution in [2.75, 3.05) is 0 Å². The third-order valence-electron chi connectivity index (χ3n) is 15.7. The molecule has 4 bridgehead atoms. The van der Waals surface area contributed by atoms with Crippen molar-refractivity contribution in [2.24, 2.45) is 53.3 Å². The van der Waals surface area contributed by atoms with Crippen LogP contribution in [0.1, 0.15) is 124 Å². The van der Waals surface area contributed by atoms with E-state index < -0.39 is 41.3 Å². The lowest BCUT2D eigenvalue weighted by atomic mass is 9.56. The molecule has 294 valence electrons. The summed E-state index contributed by atoms with van der Waals surface area (Å²) in [4.78, 5) is 39.7. The number of nitrogens with one attached hydrogen (secondary N) is 1. The van der Waals surface area contributed by atoms with Crippen LogP contribution >= 0.6 is 0 Å². The van der Waals surface area contributed by atoms with Crippen molar-refractivity contribution in [3.8, 4) is 0 Å². The lowest BCUT2D eigenvalue weighted by Gasteiger charge is -2.61. The predicted molar refractivity (Wildman–Crippen MR) is 189 cm³/mol. The van der Waals surface area contributed by atoms with E-state index in [-0.39, 0.29) is 65.5 Å². The molecular formula is C42H60FNO9. The Hall–Kier alpha value is -1.70. The second-order valence-corrected chi connectivity index (χ2v) is 18.8. The molecule has 0 unspecified atom stereocenters. The molecule has 10 aliphatic rings. The molecule has 17 atom stereocenters. The van der Waals surface area contributed by atoms with Crippen LogP contribution in [0.15, 0.2) is 24.3 Å². The fraction of sp³-hybridized carbons (Fsp3) is 0.833. The Balaban J connectivity index is 1.02. The molecular weight excluding hydrogens is 681 g/mol. The van der Waals surface area contributed by atoms with Gasteiger partial charge in [0.15, 0.2) is 23.8 Å². The highest BCUT2D eigenvalue weighted by atomic mass is 19.1. The normalized spacial score (nSPS) is 50.9. The summed E-state index contributed by atoms with van der Waals surface area (Å²) < 4.78 is 41.3. The summed E-state index contributed by atoms with van der Waals surface area (Å²) in [6.45, 7) is 15.0. The molecule has 0 radical (unpaired) electrons. The molecule has 1 aromatic carbocycles. The molecule has 0 aromatic heterocycles. The van der Waals surface area contributed by atoms with Crippen LogP contribution in [0, 0.1) is 59.1 Å². The van der Waals surface area contributed by atoms with Gasteiger partial charge in [-0.05, 0) is 125 Å². The third kappa shape index (κ3) is 5.79. The monoisotopic (exact) mass is 741 g/mol. The van der Waals surface area contributed by atoms with E-state index in [1.165, 1.54) is 12.1 Å². The summed E-state index contributed by atoms with van der Waals surface area (Å²) in [7, 11) is 0. The topological polar surface area (TPSA) is 103 Å². The van der Waals surface area contributed by atoms with E-state index in [1.54, 1.807) is 12.1 Å². The zero-order valence-corrected chi connectivity index (χ0v) is 32.5. The molecule has 53 heavy (non-hydrogen) atoms. The molecule has 11 rings (SSSR count). The van der Waals surface area contributed by atoms with Gasteiger partial charge in [-0.3, -0.25) is 4.79 Å². The highest BCUT2D eigenvalue weighted by Crippen LogP contribution is 2.63. The second-order valence-electron chi connectivity index (χ2n) is 18.8. The molecule has 8 aliphatic heterocycles. The lowest BCUT2D eigenvalue weighted by molar-refractivity contribution is -0.571. The Morgan fingerprint density at radius 2 is 1.19 bits per heavy atom. The minimum absolute atomic E-state index is 0.0658. The van der Waals surface area contributed by atoms with Crippen molar-refractivity contribution in [1.29, 1.82) is 0 Å². The summed E-state index contributed by atoms with van der Waals surface area (Å²) in [5.41, 5.74) is -0.494. The van der Waals surface area contributed by atoms with Crippen LogP contribution in [0.3, 0.4) is 0 Å².